The molecule has 1 aliphatic heterocycles. The summed E-state index contributed by atoms with van der Waals surface area (Å²) in [7, 11) is -1.19. The molecule has 6 nitrogen and oxygen atoms in total. The minimum Gasteiger partial charge on any atom is -0.495 e. The van der Waals surface area contributed by atoms with Crippen LogP contribution in [0.3, 0.4) is 0 Å². The van der Waals surface area contributed by atoms with Gasteiger partial charge in [0, 0.05) is 23.6 Å². The Hall–Kier alpha value is -2.25. The lowest BCUT2D eigenvalue weighted by Crippen LogP contribution is -2.37. The number of ether oxygens (including phenoxy) is 2. The molecule has 8 heteroatoms. The molecule has 0 amide bonds. The third-order valence-corrected chi connectivity index (χ3v) is 6.06. The molecule has 0 atom stereocenters. The molecule has 0 spiro atoms. The molecule has 0 bridgehead atoms. The SMILES string of the molecule is COc1ccc(Cl)cc1S(=O)(=O)N1CCC(=O)c2cccc(OC)c21. The van der Waals surface area contributed by atoms with E-state index in [1.807, 2.05) is 0 Å². The molecular formula is C17H16ClNO5S. The summed E-state index contributed by atoms with van der Waals surface area (Å²) in [5.74, 6) is 0.367. The van der Waals surface area contributed by atoms with Gasteiger partial charge in [-0.3, -0.25) is 9.10 Å². The summed E-state index contributed by atoms with van der Waals surface area (Å²) < 4.78 is 38.2. The molecule has 0 N–H and O–H groups in total. The van der Waals surface area contributed by atoms with Crippen molar-refractivity contribution in [3.05, 3.63) is 47.0 Å². The minimum absolute atomic E-state index is 0.0181. The number of nitrogens with zero attached hydrogens (tertiary/aromatic N) is 1. The van der Waals surface area contributed by atoms with E-state index in [0.29, 0.717) is 11.3 Å². The monoisotopic (exact) mass is 381 g/mol. The molecule has 0 aromatic heterocycles. The maximum absolute atomic E-state index is 13.3. The van der Waals surface area contributed by atoms with Crippen LogP contribution < -0.4 is 13.8 Å². The molecule has 3 rings (SSSR count). The number of sulfonamides is 1. The number of rotatable bonds is 4. The predicted molar refractivity (Wildman–Crippen MR) is 94.5 cm³/mol. The number of para-hydroxylation sites is 1. The number of fused-ring (bicyclic) bond motifs is 1. The summed E-state index contributed by atoms with van der Waals surface area (Å²) >= 11 is 5.98. The van der Waals surface area contributed by atoms with Crippen molar-refractivity contribution in [2.24, 2.45) is 0 Å². The van der Waals surface area contributed by atoms with Crippen LogP contribution in [0.15, 0.2) is 41.3 Å². The summed E-state index contributed by atoms with van der Waals surface area (Å²) in [6, 6.07) is 9.25. The van der Waals surface area contributed by atoms with E-state index in [9.17, 15) is 13.2 Å². The lowest BCUT2D eigenvalue weighted by Gasteiger charge is -2.31. The number of hydrogen-bond acceptors (Lipinski definition) is 5. The quantitative estimate of drug-likeness (QED) is 0.813. The molecule has 132 valence electrons. The number of methoxy groups -OCH3 is 2. The lowest BCUT2D eigenvalue weighted by molar-refractivity contribution is 0.0981. The Morgan fingerprint density at radius 1 is 1.08 bits per heavy atom. The van der Waals surface area contributed by atoms with Gasteiger partial charge in [-0.05, 0) is 30.3 Å². The number of carbonyl (C=O) groups is 1. The number of ketones is 1. The molecule has 2 aromatic carbocycles. The first kappa shape index (κ1) is 17.6. The highest BCUT2D eigenvalue weighted by Gasteiger charge is 2.36. The third kappa shape index (κ3) is 2.94. The van der Waals surface area contributed by atoms with Gasteiger partial charge >= 0.3 is 0 Å². The van der Waals surface area contributed by atoms with Gasteiger partial charge in [-0.15, -0.1) is 0 Å². The van der Waals surface area contributed by atoms with E-state index in [1.165, 1.54) is 30.7 Å². The Labute approximate surface area is 151 Å². The second-order valence-electron chi connectivity index (χ2n) is 5.40. The Morgan fingerprint density at radius 2 is 1.80 bits per heavy atom. The van der Waals surface area contributed by atoms with Crippen molar-refractivity contribution in [3.63, 3.8) is 0 Å². The summed E-state index contributed by atoms with van der Waals surface area (Å²) in [6.45, 7) is 0.0181. The van der Waals surface area contributed by atoms with Gasteiger partial charge in [-0.25, -0.2) is 8.42 Å². The molecule has 1 aliphatic rings. The average Bonchev–Trinajstić information content (AvgIpc) is 2.61. The van der Waals surface area contributed by atoms with Crippen LogP contribution in [0.2, 0.25) is 5.02 Å². The van der Waals surface area contributed by atoms with Gasteiger partial charge in [0.25, 0.3) is 10.0 Å². The van der Waals surface area contributed by atoms with Crippen LogP contribution >= 0.6 is 11.6 Å². The van der Waals surface area contributed by atoms with Crippen molar-refractivity contribution >= 4 is 33.1 Å². The molecule has 25 heavy (non-hydrogen) atoms. The topological polar surface area (TPSA) is 72.9 Å². The Bertz CT molecular complexity index is 942. The van der Waals surface area contributed by atoms with Crippen molar-refractivity contribution in [2.75, 3.05) is 25.1 Å². The van der Waals surface area contributed by atoms with Gasteiger partial charge in [0.05, 0.1) is 14.2 Å². The standard InChI is InChI=1S/C17H16ClNO5S/c1-23-14-7-6-11(18)10-16(14)25(21,22)19-9-8-13(20)12-4-3-5-15(24-2)17(12)19/h3-7,10H,8-9H2,1-2H3. The fraction of sp³-hybridized carbons (Fsp3) is 0.235. The average molecular weight is 382 g/mol. The fourth-order valence-electron chi connectivity index (χ4n) is 2.83. The molecule has 0 unspecified atom stereocenters. The number of Topliss-reactive ketones (excluding diaryl/α,β-unsaturated/α-hetero) is 1. The summed E-state index contributed by atoms with van der Waals surface area (Å²) in [5, 5.41) is 0.271. The first-order valence-electron chi connectivity index (χ1n) is 7.46. The highest BCUT2D eigenvalue weighted by atomic mass is 35.5. The molecule has 0 saturated carbocycles. The Kier molecular flexibility index (Phi) is 4.62. The van der Waals surface area contributed by atoms with Crippen molar-refractivity contribution in [3.8, 4) is 11.5 Å². The second-order valence-corrected chi connectivity index (χ2v) is 7.67. The smallest absolute Gasteiger partial charge is 0.268 e. The number of benzene rings is 2. The zero-order chi connectivity index (χ0) is 18.2. The highest BCUT2D eigenvalue weighted by Crippen LogP contribution is 2.41. The zero-order valence-corrected chi connectivity index (χ0v) is 15.2. The van der Waals surface area contributed by atoms with E-state index in [0.717, 1.165) is 0 Å². The molecule has 0 aliphatic carbocycles. The third-order valence-electron chi connectivity index (χ3n) is 4.00. The van der Waals surface area contributed by atoms with E-state index >= 15 is 0 Å². The van der Waals surface area contributed by atoms with E-state index < -0.39 is 10.0 Å². The van der Waals surface area contributed by atoms with Crippen molar-refractivity contribution < 1.29 is 22.7 Å². The lowest BCUT2D eigenvalue weighted by atomic mass is 10.0. The van der Waals surface area contributed by atoms with Gasteiger partial charge in [0.2, 0.25) is 0 Å². The van der Waals surface area contributed by atoms with Crippen molar-refractivity contribution in [1.29, 1.82) is 0 Å². The van der Waals surface area contributed by atoms with Gasteiger partial charge in [0.1, 0.15) is 22.1 Å². The Morgan fingerprint density at radius 3 is 2.48 bits per heavy atom. The normalized spacial score (nSPS) is 14.2. The van der Waals surface area contributed by atoms with Crippen molar-refractivity contribution in [1.82, 2.24) is 0 Å². The van der Waals surface area contributed by atoms with Crippen LogP contribution in [-0.4, -0.2) is 35.0 Å². The maximum Gasteiger partial charge on any atom is 0.268 e. The van der Waals surface area contributed by atoms with Gasteiger partial charge in [0.15, 0.2) is 5.78 Å². The fourth-order valence-corrected chi connectivity index (χ4v) is 4.75. The summed E-state index contributed by atoms with van der Waals surface area (Å²) in [5.41, 5.74) is 0.554. The summed E-state index contributed by atoms with van der Waals surface area (Å²) in [4.78, 5) is 12.2. The van der Waals surface area contributed by atoms with Crippen LogP contribution in [0, 0.1) is 0 Å². The maximum atomic E-state index is 13.3. The van der Waals surface area contributed by atoms with E-state index in [4.69, 9.17) is 21.1 Å². The van der Waals surface area contributed by atoms with Crippen LogP contribution in [-0.2, 0) is 10.0 Å². The number of anilines is 1. The number of halogens is 1. The van der Waals surface area contributed by atoms with Crippen molar-refractivity contribution in [2.45, 2.75) is 11.3 Å². The number of carbonyl (C=O) groups excluding carboxylic acids is 1. The highest BCUT2D eigenvalue weighted by molar-refractivity contribution is 7.93. The van der Waals surface area contributed by atoms with E-state index in [1.54, 1.807) is 24.3 Å². The largest absolute Gasteiger partial charge is 0.495 e. The van der Waals surface area contributed by atoms with Gasteiger partial charge in [-0.1, -0.05) is 17.7 Å². The molecule has 0 saturated heterocycles. The number of hydrogen-bond donors (Lipinski definition) is 0. The van der Waals surface area contributed by atoms with Gasteiger partial charge in [-0.2, -0.15) is 0 Å². The van der Waals surface area contributed by atoms with Crippen LogP contribution in [0.25, 0.3) is 0 Å². The summed E-state index contributed by atoms with van der Waals surface area (Å²) in [6.07, 6.45) is 0.0856. The Balaban J connectivity index is 2.23. The first-order chi connectivity index (χ1) is 11.9. The minimum atomic E-state index is -4.01. The molecule has 0 fully saturated rings. The van der Waals surface area contributed by atoms with E-state index in [-0.39, 0.29) is 40.1 Å². The first-order valence-corrected chi connectivity index (χ1v) is 9.28. The van der Waals surface area contributed by atoms with Crippen LogP contribution in [0.1, 0.15) is 16.8 Å². The van der Waals surface area contributed by atoms with Gasteiger partial charge < -0.3 is 9.47 Å². The van der Waals surface area contributed by atoms with Crippen LogP contribution in [0.4, 0.5) is 5.69 Å². The molecule has 2 aromatic rings. The second kappa shape index (κ2) is 6.57. The molecule has 1 heterocycles. The van der Waals surface area contributed by atoms with E-state index in [2.05, 4.69) is 0 Å². The predicted octanol–water partition coefficient (Wildman–Crippen LogP) is 3.14. The zero-order valence-electron chi connectivity index (χ0n) is 13.7. The van der Waals surface area contributed by atoms with Crippen LogP contribution in [0.5, 0.6) is 11.5 Å². The molecular weight excluding hydrogens is 366 g/mol. The molecule has 0 radical (unpaired) electrons.